The van der Waals surface area contributed by atoms with Crippen molar-refractivity contribution in [2.75, 3.05) is 0 Å². The van der Waals surface area contributed by atoms with Crippen LogP contribution in [0.15, 0.2) is 70.5 Å². The van der Waals surface area contributed by atoms with Crippen molar-refractivity contribution in [3.63, 3.8) is 0 Å². The van der Waals surface area contributed by atoms with Gasteiger partial charge in [-0.3, -0.25) is 14.3 Å². The zero-order valence-corrected chi connectivity index (χ0v) is 22.4. The van der Waals surface area contributed by atoms with Crippen molar-refractivity contribution in [1.29, 1.82) is 5.26 Å². The molecule has 0 aliphatic heterocycles. The highest BCUT2D eigenvalue weighted by Crippen LogP contribution is 2.32. The third-order valence-electron chi connectivity index (χ3n) is 5.69. The first-order chi connectivity index (χ1) is 18.4. The van der Waals surface area contributed by atoms with Gasteiger partial charge in [-0.1, -0.05) is 29.8 Å². The summed E-state index contributed by atoms with van der Waals surface area (Å²) in [6.07, 6.45) is 2.94. The maximum absolute atomic E-state index is 14.1. The summed E-state index contributed by atoms with van der Waals surface area (Å²) in [5.74, 6) is -1.23. The fourth-order valence-electron chi connectivity index (χ4n) is 4.07. The van der Waals surface area contributed by atoms with Crippen LogP contribution in [0.1, 0.15) is 36.7 Å². The molecule has 0 atom stereocenters. The number of benzene rings is 2. The van der Waals surface area contributed by atoms with E-state index >= 15 is 0 Å². The van der Waals surface area contributed by atoms with E-state index in [0.717, 1.165) is 15.2 Å². The molecule has 2 aromatic heterocycles. The third kappa shape index (κ3) is 5.66. The van der Waals surface area contributed by atoms with Crippen LogP contribution in [0.5, 0.6) is 0 Å². The van der Waals surface area contributed by atoms with E-state index in [2.05, 4.69) is 4.98 Å². The van der Waals surface area contributed by atoms with Crippen LogP contribution in [0.2, 0.25) is 5.02 Å². The lowest BCUT2D eigenvalue weighted by molar-refractivity contribution is 0.00695. The molecule has 0 unspecified atom stereocenters. The summed E-state index contributed by atoms with van der Waals surface area (Å²) in [7, 11) is 0. The Kier molecular flexibility index (Phi) is 7.52. The predicted octanol–water partition coefficient (Wildman–Crippen LogP) is 5.31. The molecular weight excluding hydrogens is 523 g/mol. The minimum atomic E-state index is -0.767. The number of halogens is 2. The van der Waals surface area contributed by atoms with Crippen LogP contribution >= 0.6 is 11.6 Å². The molecule has 10 heteroatoms. The zero-order valence-electron chi connectivity index (χ0n) is 21.7. The average molecular weight is 547 g/mol. The second kappa shape index (κ2) is 10.7. The second-order valence-corrected chi connectivity index (χ2v) is 10.2. The van der Waals surface area contributed by atoms with Crippen molar-refractivity contribution in [2.45, 2.75) is 39.8 Å². The Labute approximate surface area is 228 Å². The van der Waals surface area contributed by atoms with E-state index in [1.807, 2.05) is 6.07 Å². The van der Waals surface area contributed by atoms with Crippen LogP contribution in [0, 0.1) is 24.1 Å². The van der Waals surface area contributed by atoms with Crippen molar-refractivity contribution < 1.29 is 13.9 Å². The number of hydrogen-bond donors (Lipinski definition) is 0. The van der Waals surface area contributed by atoms with Gasteiger partial charge in [0.25, 0.3) is 5.56 Å². The van der Waals surface area contributed by atoms with Gasteiger partial charge in [0, 0.05) is 6.20 Å². The highest BCUT2D eigenvalue weighted by atomic mass is 35.5. The number of carbonyl (C=O) groups is 1. The lowest BCUT2D eigenvalue weighted by Crippen LogP contribution is -2.40. The van der Waals surface area contributed by atoms with Crippen molar-refractivity contribution >= 4 is 17.6 Å². The van der Waals surface area contributed by atoms with Gasteiger partial charge in [-0.2, -0.15) is 5.26 Å². The number of nitrogens with zero attached hydrogens (tertiary/aromatic N) is 4. The maximum Gasteiger partial charge on any atom is 0.338 e. The molecule has 0 fully saturated rings. The fourth-order valence-corrected chi connectivity index (χ4v) is 4.25. The molecule has 8 nitrogen and oxygen atoms in total. The largest absolute Gasteiger partial charge is 0.456 e. The molecule has 0 saturated heterocycles. The van der Waals surface area contributed by atoms with Gasteiger partial charge in [-0.05, 0) is 74.7 Å². The van der Waals surface area contributed by atoms with Gasteiger partial charge in [0.15, 0.2) is 0 Å². The van der Waals surface area contributed by atoms with E-state index in [0.29, 0.717) is 11.1 Å². The number of rotatable bonds is 5. The average Bonchev–Trinajstić information content (AvgIpc) is 2.86. The topological polar surface area (TPSA) is 107 Å². The van der Waals surface area contributed by atoms with Gasteiger partial charge in [-0.25, -0.2) is 18.5 Å². The van der Waals surface area contributed by atoms with Crippen molar-refractivity contribution in [1.82, 2.24) is 14.1 Å². The van der Waals surface area contributed by atoms with Gasteiger partial charge in [0.1, 0.15) is 18.0 Å². The molecule has 0 bridgehead atoms. The molecule has 2 heterocycles. The number of carbonyl (C=O) groups excluding carboxylic acids is 1. The monoisotopic (exact) mass is 546 g/mol. The smallest absolute Gasteiger partial charge is 0.338 e. The van der Waals surface area contributed by atoms with E-state index in [4.69, 9.17) is 16.3 Å². The summed E-state index contributed by atoms with van der Waals surface area (Å²) >= 11 is 6.07. The molecule has 0 saturated carbocycles. The first kappa shape index (κ1) is 27.5. The molecule has 0 spiro atoms. The van der Waals surface area contributed by atoms with Crippen LogP contribution < -0.4 is 11.2 Å². The number of pyridine rings is 1. The zero-order chi connectivity index (χ0) is 28.5. The quantitative estimate of drug-likeness (QED) is 0.314. The van der Waals surface area contributed by atoms with Crippen LogP contribution in [0.3, 0.4) is 0 Å². The van der Waals surface area contributed by atoms with Crippen molar-refractivity contribution in [3.05, 3.63) is 104 Å². The standard InChI is InChI=1S/C29H24ClFN4O4/c1-17-13-21(16-33-15-17)35-26(36)24(20-9-10-23(31)22(30)14-20)25(34(12-11-32)28(35)38)18-5-7-19(8-6-18)27(37)39-29(2,3)4/h5-10,13-16H,12H2,1-4H3. The number of hydrogen-bond acceptors (Lipinski definition) is 6. The summed E-state index contributed by atoms with van der Waals surface area (Å²) in [6.45, 7) is 6.61. The lowest BCUT2D eigenvalue weighted by atomic mass is 9.98. The van der Waals surface area contributed by atoms with Gasteiger partial charge in [-0.15, -0.1) is 0 Å². The van der Waals surface area contributed by atoms with Gasteiger partial charge in [0.2, 0.25) is 0 Å². The molecule has 198 valence electrons. The predicted molar refractivity (Wildman–Crippen MR) is 145 cm³/mol. The van der Waals surface area contributed by atoms with Crippen LogP contribution in [0.4, 0.5) is 4.39 Å². The molecule has 0 aliphatic carbocycles. The van der Waals surface area contributed by atoms with E-state index in [1.165, 1.54) is 30.5 Å². The summed E-state index contributed by atoms with van der Waals surface area (Å²) in [5, 5.41) is 9.39. The molecule has 4 aromatic rings. The Balaban J connectivity index is 2.06. The Morgan fingerprint density at radius 3 is 2.33 bits per heavy atom. The van der Waals surface area contributed by atoms with Gasteiger partial charge in [0.05, 0.1) is 39.8 Å². The molecule has 0 N–H and O–H groups in total. The number of aryl methyl sites for hydroxylation is 1. The van der Waals surface area contributed by atoms with E-state index in [-0.39, 0.29) is 33.1 Å². The van der Waals surface area contributed by atoms with E-state index in [9.17, 15) is 24.0 Å². The van der Waals surface area contributed by atoms with Crippen LogP contribution in [0.25, 0.3) is 28.1 Å². The third-order valence-corrected chi connectivity index (χ3v) is 5.98. The van der Waals surface area contributed by atoms with Crippen LogP contribution in [-0.4, -0.2) is 25.7 Å². The fraction of sp³-hybridized carbons (Fsp3) is 0.207. The number of aromatic nitrogens is 3. The van der Waals surface area contributed by atoms with Gasteiger partial charge >= 0.3 is 11.7 Å². The molecule has 39 heavy (non-hydrogen) atoms. The SMILES string of the molecule is Cc1cncc(-n2c(=O)c(-c3ccc(F)c(Cl)c3)c(-c3ccc(C(=O)OC(C)(C)C)cc3)n(CC#N)c2=O)c1. The minimum Gasteiger partial charge on any atom is -0.456 e. The minimum absolute atomic E-state index is 0.0123. The van der Waals surface area contributed by atoms with Crippen molar-refractivity contribution in [2.24, 2.45) is 0 Å². The maximum atomic E-state index is 14.1. The first-order valence-electron chi connectivity index (χ1n) is 11.9. The molecular formula is C29H24ClFN4O4. The highest BCUT2D eigenvalue weighted by Gasteiger charge is 2.24. The Hall–Kier alpha value is -4.55. The number of esters is 1. The highest BCUT2D eigenvalue weighted by molar-refractivity contribution is 6.31. The Morgan fingerprint density at radius 1 is 1.08 bits per heavy atom. The Morgan fingerprint density at radius 2 is 1.74 bits per heavy atom. The van der Waals surface area contributed by atoms with Crippen LogP contribution in [-0.2, 0) is 11.3 Å². The molecule has 2 aromatic carbocycles. The first-order valence-corrected chi connectivity index (χ1v) is 12.3. The molecule has 0 aliphatic rings. The van der Waals surface area contributed by atoms with E-state index in [1.54, 1.807) is 52.1 Å². The molecule has 0 amide bonds. The van der Waals surface area contributed by atoms with E-state index < -0.39 is 35.2 Å². The summed E-state index contributed by atoms with van der Waals surface area (Å²) in [5.41, 5.74) is -0.277. The number of nitriles is 1. The molecule has 4 rings (SSSR count). The summed E-state index contributed by atoms with van der Waals surface area (Å²) in [4.78, 5) is 44.4. The lowest BCUT2D eigenvalue weighted by Gasteiger charge is -2.20. The normalized spacial score (nSPS) is 11.2. The second-order valence-electron chi connectivity index (χ2n) is 9.82. The molecule has 0 radical (unpaired) electrons. The number of ether oxygens (including phenoxy) is 1. The summed E-state index contributed by atoms with van der Waals surface area (Å²) < 4.78 is 21.5. The van der Waals surface area contributed by atoms with Gasteiger partial charge < -0.3 is 4.74 Å². The Bertz CT molecular complexity index is 1750. The van der Waals surface area contributed by atoms with Crippen molar-refractivity contribution in [3.8, 4) is 34.1 Å². The summed E-state index contributed by atoms with van der Waals surface area (Å²) in [6, 6.07) is 13.5.